The number of nitrogens with one attached hydrogen (secondary N) is 2. The normalized spacial score (nSPS) is 13.8. The number of fused-ring (bicyclic) bond motifs is 1. The lowest BCUT2D eigenvalue weighted by molar-refractivity contribution is -0.121. The van der Waals surface area contributed by atoms with Crippen molar-refractivity contribution >= 4 is 22.2 Å². The van der Waals surface area contributed by atoms with Gasteiger partial charge in [0.2, 0.25) is 12.7 Å². The van der Waals surface area contributed by atoms with Crippen molar-refractivity contribution in [2.24, 2.45) is 0 Å². The minimum atomic E-state index is -0.280. The van der Waals surface area contributed by atoms with E-state index >= 15 is 0 Å². The summed E-state index contributed by atoms with van der Waals surface area (Å²) in [5, 5.41) is 9.03. The first-order valence-electron chi connectivity index (χ1n) is 6.68. The molecule has 0 unspecified atom stereocenters. The Balaban J connectivity index is 1.53. The molecule has 0 spiro atoms. The molecule has 1 aromatic carbocycles. The summed E-state index contributed by atoms with van der Waals surface area (Å²) in [5.41, 5.74) is 0.982. The van der Waals surface area contributed by atoms with Gasteiger partial charge in [0.05, 0.1) is 5.00 Å². The van der Waals surface area contributed by atoms with Gasteiger partial charge >= 0.3 is 0 Å². The summed E-state index contributed by atoms with van der Waals surface area (Å²) >= 11 is 1.58. The van der Waals surface area contributed by atoms with Crippen LogP contribution in [0.1, 0.15) is 12.5 Å². The lowest BCUT2D eigenvalue weighted by Gasteiger charge is -2.14. The number of benzene rings is 1. The monoisotopic (exact) mass is 304 g/mol. The molecule has 1 amide bonds. The van der Waals surface area contributed by atoms with E-state index in [1.807, 2.05) is 42.6 Å². The molecular weight excluding hydrogens is 288 g/mol. The molecule has 2 N–H and O–H groups in total. The average molecular weight is 304 g/mol. The van der Waals surface area contributed by atoms with Crippen LogP contribution in [0.15, 0.2) is 35.7 Å². The number of ether oxygens (including phenoxy) is 2. The predicted molar refractivity (Wildman–Crippen MR) is 81.8 cm³/mol. The number of anilines is 1. The topological polar surface area (TPSA) is 59.6 Å². The van der Waals surface area contributed by atoms with E-state index in [1.165, 1.54) is 0 Å². The predicted octanol–water partition coefficient (Wildman–Crippen LogP) is 2.59. The third-order valence-electron chi connectivity index (χ3n) is 3.18. The van der Waals surface area contributed by atoms with Gasteiger partial charge < -0.3 is 20.1 Å². The summed E-state index contributed by atoms with van der Waals surface area (Å²) in [7, 11) is 0. The molecule has 21 heavy (non-hydrogen) atoms. The Kier molecular flexibility index (Phi) is 3.96. The lowest BCUT2D eigenvalue weighted by atomic mass is 10.2. The van der Waals surface area contributed by atoms with Crippen molar-refractivity contribution < 1.29 is 14.3 Å². The zero-order chi connectivity index (χ0) is 14.7. The van der Waals surface area contributed by atoms with Crippen LogP contribution in [-0.4, -0.2) is 18.7 Å². The minimum absolute atomic E-state index is 0.0407. The molecule has 6 heteroatoms. The second-order valence-corrected chi connectivity index (χ2v) is 5.70. The van der Waals surface area contributed by atoms with Crippen molar-refractivity contribution in [2.45, 2.75) is 19.5 Å². The van der Waals surface area contributed by atoms with Gasteiger partial charge in [0.25, 0.3) is 0 Å². The van der Waals surface area contributed by atoms with Crippen molar-refractivity contribution in [1.82, 2.24) is 5.32 Å². The van der Waals surface area contributed by atoms with E-state index in [2.05, 4.69) is 10.6 Å². The highest BCUT2D eigenvalue weighted by Crippen LogP contribution is 2.32. The van der Waals surface area contributed by atoms with Gasteiger partial charge in [0, 0.05) is 6.54 Å². The molecule has 0 saturated heterocycles. The molecule has 1 aliphatic heterocycles. The van der Waals surface area contributed by atoms with Gasteiger partial charge in [-0.2, -0.15) is 0 Å². The Morgan fingerprint density at radius 3 is 3.00 bits per heavy atom. The van der Waals surface area contributed by atoms with Crippen molar-refractivity contribution in [1.29, 1.82) is 0 Å². The number of carbonyl (C=O) groups excluding carboxylic acids is 1. The van der Waals surface area contributed by atoms with E-state index in [4.69, 9.17) is 9.47 Å². The van der Waals surface area contributed by atoms with E-state index in [1.54, 1.807) is 11.3 Å². The highest BCUT2D eigenvalue weighted by molar-refractivity contribution is 7.14. The second kappa shape index (κ2) is 6.05. The fraction of sp³-hybridized carbons (Fsp3) is 0.267. The molecule has 0 radical (unpaired) electrons. The summed E-state index contributed by atoms with van der Waals surface area (Å²) in [6, 6.07) is 9.29. The second-order valence-electron chi connectivity index (χ2n) is 4.75. The zero-order valence-corrected chi connectivity index (χ0v) is 12.4. The maximum absolute atomic E-state index is 12.1. The number of hydrogen-bond acceptors (Lipinski definition) is 5. The summed E-state index contributed by atoms with van der Waals surface area (Å²) in [5.74, 6) is 1.44. The van der Waals surface area contributed by atoms with Gasteiger partial charge in [-0.05, 0) is 42.1 Å². The first-order chi connectivity index (χ1) is 10.2. The molecule has 1 aliphatic rings. The quantitative estimate of drug-likeness (QED) is 0.891. The van der Waals surface area contributed by atoms with Crippen molar-refractivity contribution in [3.8, 4) is 11.5 Å². The molecule has 1 aromatic heterocycles. The van der Waals surface area contributed by atoms with Crippen LogP contribution >= 0.6 is 11.3 Å². The van der Waals surface area contributed by atoms with Gasteiger partial charge in [-0.15, -0.1) is 11.3 Å². The van der Waals surface area contributed by atoms with Crippen LogP contribution in [0.3, 0.4) is 0 Å². The van der Waals surface area contributed by atoms with Crippen LogP contribution in [-0.2, 0) is 11.3 Å². The average Bonchev–Trinajstić information content (AvgIpc) is 3.14. The first-order valence-corrected chi connectivity index (χ1v) is 7.56. The molecule has 2 aromatic rings. The standard InChI is InChI=1S/C15H16N2O3S/c1-10(17-14-3-2-6-21-14)15(18)16-8-11-4-5-12-13(7-11)20-9-19-12/h2-7,10,17H,8-9H2,1H3,(H,16,18)/t10-/m0/s1. The Morgan fingerprint density at radius 1 is 1.33 bits per heavy atom. The van der Waals surface area contributed by atoms with Crippen molar-refractivity contribution in [3.05, 3.63) is 41.3 Å². The Bertz CT molecular complexity index is 628. The van der Waals surface area contributed by atoms with Gasteiger partial charge in [-0.3, -0.25) is 4.79 Å². The molecule has 0 fully saturated rings. The van der Waals surface area contributed by atoms with E-state index < -0.39 is 0 Å². The van der Waals surface area contributed by atoms with Crippen LogP contribution in [0.4, 0.5) is 5.00 Å². The van der Waals surface area contributed by atoms with Crippen LogP contribution in [0, 0.1) is 0 Å². The molecule has 0 bridgehead atoms. The summed E-state index contributed by atoms with van der Waals surface area (Å²) < 4.78 is 10.6. The van der Waals surface area contributed by atoms with E-state index in [0.29, 0.717) is 6.54 Å². The van der Waals surface area contributed by atoms with Crippen LogP contribution in [0.25, 0.3) is 0 Å². The number of rotatable bonds is 5. The third kappa shape index (κ3) is 3.28. The van der Waals surface area contributed by atoms with Gasteiger partial charge in [-0.1, -0.05) is 6.07 Å². The van der Waals surface area contributed by atoms with E-state index in [9.17, 15) is 4.79 Å². The van der Waals surface area contributed by atoms with E-state index in [-0.39, 0.29) is 18.7 Å². The summed E-state index contributed by atoms with van der Waals surface area (Å²) in [6.07, 6.45) is 0. The summed E-state index contributed by atoms with van der Waals surface area (Å²) in [6.45, 7) is 2.56. The maximum atomic E-state index is 12.1. The smallest absolute Gasteiger partial charge is 0.242 e. The van der Waals surface area contributed by atoms with Crippen molar-refractivity contribution in [2.75, 3.05) is 12.1 Å². The van der Waals surface area contributed by atoms with Gasteiger partial charge in [0.15, 0.2) is 11.5 Å². The molecule has 5 nitrogen and oxygen atoms in total. The molecule has 2 heterocycles. The maximum Gasteiger partial charge on any atom is 0.242 e. The number of amides is 1. The molecule has 110 valence electrons. The Hall–Kier alpha value is -2.21. The molecule has 3 rings (SSSR count). The fourth-order valence-electron chi connectivity index (χ4n) is 2.03. The highest BCUT2D eigenvalue weighted by Gasteiger charge is 2.15. The minimum Gasteiger partial charge on any atom is -0.454 e. The van der Waals surface area contributed by atoms with Crippen LogP contribution in [0.2, 0.25) is 0 Å². The SMILES string of the molecule is C[C@H](Nc1cccs1)C(=O)NCc1ccc2c(c1)OCO2. The molecular formula is C15H16N2O3S. The van der Waals surface area contributed by atoms with E-state index in [0.717, 1.165) is 22.1 Å². The van der Waals surface area contributed by atoms with Crippen molar-refractivity contribution in [3.63, 3.8) is 0 Å². The van der Waals surface area contributed by atoms with Gasteiger partial charge in [0.1, 0.15) is 6.04 Å². The lowest BCUT2D eigenvalue weighted by Crippen LogP contribution is -2.36. The Labute approximate surface area is 126 Å². The number of carbonyl (C=O) groups is 1. The van der Waals surface area contributed by atoms with Crippen LogP contribution < -0.4 is 20.1 Å². The third-order valence-corrected chi connectivity index (χ3v) is 3.98. The first kappa shape index (κ1) is 13.8. The molecule has 1 atom stereocenters. The Morgan fingerprint density at radius 2 is 2.19 bits per heavy atom. The summed E-state index contributed by atoms with van der Waals surface area (Å²) in [4.78, 5) is 12.1. The molecule has 0 aliphatic carbocycles. The number of thiophene rings is 1. The largest absolute Gasteiger partial charge is 0.454 e. The zero-order valence-electron chi connectivity index (χ0n) is 11.6. The fourth-order valence-corrected chi connectivity index (χ4v) is 2.74. The van der Waals surface area contributed by atoms with Crippen LogP contribution in [0.5, 0.6) is 11.5 Å². The highest BCUT2D eigenvalue weighted by atomic mass is 32.1. The molecule has 0 saturated carbocycles. The van der Waals surface area contributed by atoms with Gasteiger partial charge in [-0.25, -0.2) is 0 Å². The number of hydrogen-bond donors (Lipinski definition) is 2.